The summed E-state index contributed by atoms with van der Waals surface area (Å²) in [5, 5.41) is 0. The summed E-state index contributed by atoms with van der Waals surface area (Å²) in [5.41, 5.74) is 0.176. The van der Waals surface area contributed by atoms with Gasteiger partial charge in [-0.2, -0.15) is 0 Å². The topological polar surface area (TPSA) is 46.2 Å². The molecule has 1 N–H and O–H groups in total. The van der Waals surface area contributed by atoms with Crippen molar-refractivity contribution >= 4 is 47.6 Å². The van der Waals surface area contributed by atoms with E-state index in [0.717, 1.165) is 6.07 Å². The third-order valence-corrected chi connectivity index (χ3v) is 5.30. The average Bonchev–Trinajstić information content (AvgIpc) is 2.38. The summed E-state index contributed by atoms with van der Waals surface area (Å²) in [6.07, 6.45) is 0. The van der Waals surface area contributed by atoms with E-state index in [2.05, 4.69) is 36.6 Å². The van der Waals surface area contributed by atoms with Crippen LogP contribution in [0.4, 0.5) is 14.5 Å². The molecule has 0 aliphatic carbocycles. The van der Waals surface area contributed by atoms with Gasteiger partial charge in [0.1, 0.15) is 11.6 Å². The highest BCUT2D eigenvalue weighted by Gasteiger charge is 2.20. The van der Waals surface area contributed by atoms with Gasteiger partial charge < -0.3 is 0 Å². The Morgan fingerprint density at radius 2 is 1.71 bits per heavy atom. The average molecular weight is 441 g/mol. The van der Waals surface area contributed by atoms with Crippen molar-refractivity contribution in [1.29, 1.82) is 0 Å². The lowest BCUT2D eigenvalue weighted by molar-refractivity contribution is 0.579. The Labute approximate surface area is 137 Å². The number of rotatable bonds is 3. The molecule has 0 spiro atoms. The number of nitrogens with one attached hydrogen (secondary N) is 1. The van der Waals surface area contributed by atoms with Gasteiger partial charge in [0.05, 0.1) is 15.1 Å². The zero-order valence-electron chi connectivity index (χ0n) is 10.6. The molecule has 112 valence electrons. The Morgan fingerprint density at radius 1 is 1.05 bits per heavy atom. The molecule has 0 unspecified atom stereocenters. The molecule has 2 aromatic rings. The van der Waals surface area contributed by atoms with Crippen molar-refractivity contribution in [1.82, 2.24) is 0 Å². The molecule has 0 saturated heterocycles. The molecule has 0 aliphatic rings. The van der Waals surface area contributed by atoms with Crippen LogP contribution in [0.3, 0.4) is 0 Å². The molecule has 0 aliphatic heterocycles. The van der Waals surface area contributed by atoms with Crippen molar-refractivity contribution in [3.63, 3.8) is 0 Å². The van der Waals surface area contributed by atoms with Gasteiger partial charge in [-0.05, 0) is 46.6 Å². The summed E-state index contributed by atoms with van der Waals surface area (Å²) in [4.78, 5) is 0.0109. The zero-order chi connectivity index (χ0) is 15.8. The summed E-state index contributed by atoms with van der Waals surface area (Å²) >= 11 is 6.07. The third kappa shape index (κ3) is 3.61. The molecule has 2 aromatic carbocycles. The van der Waals surface area contributed by atoms with E-state index in [-0.39, 0.29) is 15.1 Å². The van der Waals surface area contributed by atoms with Gasteiger partial charge >= 0.3 is 0 Å². The summed E-state index contributed by atoms with van der Waals surface area (Å²) in [6, 6.07) is 6.37. The lowest BCUT2D eigenvalue weighted by Gasteiger charge is -2.12. The van der Waals surface area contributed by atoms with Crippen molar-refractivity contribution in [2.45, 2.75) is 11.8 Å². The van der Waals surface area contributed by atoms with Crippen LogP contribution in [0.5, 0.6) is 0 Å². The van der Waals surface area contributed by atoms with Crippen LogP contribution in [0.2, 0.25) is 0 Å². The van der Waals surface area contributed by atoms with Gasteiger partial charge in [-0.1, -0.05) is 22.0 Å². The van der Waals surface area contributed by atoms with E-state index in [4.69, 9.17) is 0 Å². The highest BCUT2D eigenvalue weighted by atomic mass is 79.9. The molecular formula is C13H9Br2F2NO2S. The zero-order valence-corrected chi connectivity index (χ0v) is 14.6. The minimum Gasteiger partial charge on any atom is -0.277 e. The van der Waals surface area contributed by atoms with Gasteiger partial charge in [0.2, 0.25) is 0 Å². The molecule has 0 heterocycles. The first-order valence-corrected chi connectivity index (χ1v) is 8.71. The van der Waals surface area contributed by atoms with Crippen LogP contribution in [0.15, 0.2) is 44.2 Å². The first-order chi connectivity index (χ1) is 9.70. The van der Waals surface area contributed by atoms with E-state index >= 15 is 0 Å². The molecule has 0 aromatic heterocycles. The number of hydrogen-bond donors (Lipinski definition) is 1. The van der Waals surface area contributed by atoms with E-state index in [1.165, 1.54) is 6.07 Å². The van der Waals surface area contributed by atoms with Crippen molar-refractivity contribution < 1.29 is 17.2 Å². The monoisotopic (exact) mass is 439 g/mol. The lowest BCUT2D eigenvalue weighted by Crippen LogP contribution is -2.15. The Morgan fingerprint density at radius 3 is 2.38 bits per heavy atom. The Balaban J connectivity index is 2.47. The fraction of sp³-hybridized carbons (Fsp3) is 0.0769. The van der Waals surface area contributed by atoms with Crippen LogP contribution < -0.4 is 4.72 Å². The molecular weight excluding hydrogens is 432 g/mol. The molecule has 21 heavy (non-hydrogen) atoms. The van der Waals surface area contributed by atoms with Gasteiger partial charge in [-0.15, -0.1) is 0 Å². The maximum absolute atomic E-state index is 13.7. The number of benzene rings is 2. The number of hydrogen-bond acceptors (Lipinski definition) is 2. The van der Waals surface area contributed by atoms with Crippen molar-refractivity contribution in [3.05, 3.63) is 56.5 Å². The number of aryl methyl sites for hydroxylation is 1. The first kappa shape index (κ1) is 16.4. The fourth-order valence-electron chi connectivity index (χ4n) is 1.66. The number of sulfonamides is 1. The second kappa shape index (κ2) is 6.02. The molecule has 8 heteroatoms. The number of anilines is 1. The minimum absolute atomic E-state index is 0.0109. The van der Waals surface area contributed by atoms with Gasteiger partial charge in [-0.25, -0.2) is 17.2 Å². The van der Waals surface area contributed by atoms with Crippen LogP contribution in [0, 0.1) is 18.6 Å². The van der Waals surface area contributed by atoms with E-state index in [1.54, 1.807) is 19.1 Å². The summed E-state index contributed by atoms with van der Waals surface area (Å²) in [7, 11) is -3.98. The molecule has 0 bridgehead atoms. The van der Waals surface area contributed by atoms with Crippen molar-refractivity contribution in [2.24, 2.45) is 0 Å². The summed E-state index contributed by atoms with van der Waals surface area (Å²) in [5.74, 6) is -1.80. The fourth-order valence-corrected chi connectivity index (χ4v) is 3.85. The van der Waals surface area contributed by atoms with Crippen LogP contribution in [-0.4, -0.2) is 8.42 Å². The molecule has 0 fully saturated rings. The maximum atomic E-state index is 13.7. The van der Waals surface area contributed by atoms with Crippen LogP contribution in [-0.2, 0) is 10.0 Å². The van der Waals surface area contributed by atoms with E-state index in [9.17, 15) is 17.2 Å². The predicted octanol–water partition coefficient (Wildman–Crippen LogP) is 4.60. The Bertz CT molecular complexity index is 810. The third-order valence-electron chi connectivity index (χ3n) is 2.69. The van der Waals surface area contributed by atoms with Crippen molar-refractivity contribution in [2.75, 3.05) is 4.72 Å². The van der Waals surface area contributed by atoms with E-state index in [1.807, 2.05) is 0 Å². The van der Waals surface area contributed by atoms with Gasteiger partial charge in [0, 0.05) is 10.5 Å². The van der Waals surface area contributed by atoms with Gasteiger partial charge in [-0.3, -0.25) is 4.72 Å². The predicted molar refractivity (Wildman–Crippen MR) is 83.7 cm³/mol. The highest BCUT2D eigenvalue weighted by molar-refractivity contribution is 9.10. The number of halogens is 4. The second-order valence-corrected chi connectivity index (χ2v) is 7.68. The second-order valence-electron chi connectivity index (χ2n) is 4.26. The minimum atomic E-state index is -3.98. The molecule has 0 atom stereocenters. The molecule has 0 amide bonds. The van der Waals surface area contributed by atoms with E-state index < -0.39 is 21.7 Å². The van der Waals surface area contributed by atoms with Gasteiger partial charge in [0.15, 0.2) is 0 Å². The van der Waals surface area contributed by atoms with Crippen LogP contribution in [0.1, 0.15) is 5.56 Å². The molecule has 2 rings (SSSR count). The highest BCUT2D eigenvalue weighted by Crippen LogP contribution is 2.27. The Kier molecular flexibility index (Phi) is 4.69. The normalized spacial score (nSPS) is 11.5. The summed E-state index contributed by atoms with van der Waals surface area (Å²) < 4.78 is 54.1. The van der Waals surface area contributed by atoms with Crippen LogP contribution in [0.25, 0.3) is 0 Å². The van der Waals surface area contributed by atoms with Crippen LogP contribution >= 0.6 is 31.9 Å². The lowest BCUT2D eigenvalue weighted by atomic mass is 10.2. The first-order valence-electron chi connectivity index (χ1n) is 5.64. The summed E-state index contributed by atoms with van der Waals surface area (Å²) in [6.45, 7) is 1.62. The Hall–Kier alpha value is -0.990. The molecule has 0 radical (unpaired) electrons. The largest absolute Gasteiger partial charge is 0.277 e. The standard InChI is InChI=1S/C13H9Br2F2NO2S/c1-7-2-3-8(14)4-13(7)21(19,20)18-12-5-9(15)10(16)6-11(12)17/h2-6,18H,1H3. The smallest absolute Gasteiger partial charge is 0.262 e. The van der Waals surface area contributed by atoms with Crippen molar-refractivity contribution in [3.8, 4) is 0 Å². The molecule has 0 saturated carbocycles. The van der Waals surface area contributed by atoms with Gasteiger partial charge in [0.25, 0.3) is 10.0 Å². The molecule has 3 nitrogen and oxygen atoms in total. The van der Waals surface area contributed by atoms with E-state index in [0.29, 0.717) is 16.1 Å². The quantitative estimate of drug-likeness (QED) is 0.709. The maximum Gasteiger partial charge on any atom is 0.262 e. The SMILES string of the molecule is Cc1ccc(Br)cc1S(=O)(=O)Nc1cc(Br)c(F)cc1F.